The lowest BCUT2D eigenvalue weighted by molar-refractivity contribution is 0.426. The number of fused-ring (bicyclic) bond motifs is 3. The number of rotatable bonds is 3. The van der Waals surface area contributed by atoms with E-state index in [0.717, 1.165) is 21.2 Å². The number of hydrogen-bond donors (Lipinski definition) is 2. The van der Waals surface area contributed by atoms with Crippen molar-refractivity contribution in [1.82, 2.24) is 0 Å². The summed E-state index contributed by atoms with van der Waals surface area (Å²) in [5.74, 6) is 0. The molecule has 2 nitrogen and oxygen atoms in total. The van der Waals surface area contributed by atoms with E-state index in [0.29, 0.717) is 5.46 Å². The van der Waals surface area contributed by atoms with Gasteiger partial charge in [-0.15, -0.1) is 11.3 Å². The zero-order chi connectivity index (χ0) is 15.0. The molecule has 0 aliphatic carbocycles. The first-order valence-electron chi connectivity index (χ1n) is 6.76. The van der Waals surface area contributed by atoms with Crippen LogP contribution >= 0.6 is 11.3 Å². The third-order valence-corrected chi connectivity index (χ3v) is 4.71. The first-order valence-corrected chi connectivity index (χ1v) is 7.58. The molecule has 21 heavy (non-hydrogen) atoms. The second-order valence-corrected chi connectivity index (χ2v) is 5.93. The highest BCUT2D eigenvalue weighted by atomic mass is 32.1. The van der Waals surface area contributed by atoms with Crippen LogP contribution in [0, 0.1) is 0 Å². The van der Waals surface area contributed by atoms with Crippen molar-refractivity contribution in [2.45, 2.75) is 6.92 Å². The van der Waals surface area contributed by atoms with E-state index in [9.17, 15) is 10.0 Å². The molecule has 3 rings (SSSR count). The standard InChI is InChI=1S/C17H15BO2S/c1-3-7-12-11(4-2)17-13-8-5-6-9-15(13)21-16(17)10-14(12)18(19)20/h3-10,19-20H,2H2,1H3/b7-3-. The van der Waals surface area contributed by atoms with Crippen molar-refractivity contribution in [1.29, 1.82) is 0 Å². The van der Waals surface area contributed by atoms with E-state index in [1.807, 2.05) is 37.3 Å². The second-order valence-electron chi connectivity index (χ2n) is 4.84. The van der Waals surface area contributed by atoms with Crippen molar-refractivity contribution in [3.05, 3.63) is 54.1 Å². The fourth-order valence-corrected chi connectivity index (χ4v) is 3.90. The molecule has 0 amide bonds. The zero-order valence-electron chi connectivity index (χ0n) is 11.7. The number of hydrogen-bond acceptors (Lipinski definition) is 3. The monoisotopic (exact) mass is 294 g/mol. The summed E-state index contributed by atoms with van der Waals surface area (Å²) >= 11 is 1.66. The Morgan fingerprint density at radius 2 is 1.90 bits per heavy atom. The van der Waals surface area contributed by atoms with Crippen LogP contribution in [0.15, 0.2) is 43.0 Å². The summed E-state index contributed by atoms with van der Waals surface area (Å²) in [6.07, 6.45) is 5.59. The molecular weight excluding hydrogens is 279 g/mol. The number of thiophene rings is 1. The van der Waals surface area contributed by atoms with Gasteiger partial charge in [-0.1, -0.05) is 43.0 Å². The number of allylic oxidation sites excluding steroid dienone is 1. The van der Waals surface area contributed by atoms with Gasteiger partial charge in [-0.25, -0.2) is 0 Å². The molecule has 0 spiro atoms. The minimum Gasteiger partial charge on any atom is -0.423 e. The van der Waals surface area contributed by atoms with Crippen LogP contribution in [-0.2, 0) is 0 Å². The molecule has 0 aliphatic rings. The first kappa shape index (κ1) is 14.1. The van der Waals surface area contributed by atoms with Gasteiger partial charge in [0, 0.05) is 20.2 Å². The van der Waals surface area contributed by atoms with Crippen LogP contribution in [0.3, 0.4) is 0 Å². The van der Waals surface area contributed by atoms with Crippen molar-refractivity contribution in [2.24, 2.45) is 0 Å². The maximum absolute atomic E-state index is 9.68. The van der Waals surface area contributed by atoms with Crippen LogP contribution < -0.4 is 5.46 Å². The fourth-order valence-electron chi connectivity index (χ4n) is 2.73. The van der Waals surface area contributed by atoms with E-state index < -0.39 is 7.12 Å². The first-order chi connectivity index (χ1) is 10.2. The molecule has 2 aromatic carbocycles. The third kappa shape index (κ3) is 2.22. The van der Waals surface area contributed by atoms with Gasteiger partial charge in [0.25, 0.3) is 0 Å². The largest absolute Gasteiger partial charge is 0.489 e. The van der Waals surface area contributed by atoms with E-state index >= 15 is 0 Å². The molecular formula is C17H15BO2S. The van der Waals surface area contributed by atoms with Crippen LogP contribution in [0.5, 0.6) is 0 Å². The summed E-state index contributed by atoms with van der Waals surface area (Å²) in [6, 6.07) is 10.1. The fraction of sp³-hybridized carbons (Fsp3) is 0.0588. The van der Waals surface area contributed by atoms with Gasteiger partial charge in [0.05, 0.1) is 0 Å². The molecule has 104 valence electrons. The summed E-state index contributed by atoms with van der Waals surface area (Å²) < 4.78 is 2.23. The lowest BCUT2D eigenvalue weighted by Crippen LogP contribution is -2.32. The molecule has 0 fully saturated rings. The minimum atomic E-state index is -1.50. The predicted octanol–water partition coefficient (Wildman–Crippen LogP) is 3.41. The van der Waals surface area contributed by atoms with Crippen molar-refractivity contribution in [3.8, 4) is 0 Å². The average molecular weight is 294 g/mol. The summed E-state index contributed by atoms with van der Waals surface area (Å²) in [7, 11) is -1.50. The van der Waals surface area contributed by atoms with Crippen molar-refractivity contribution in [2.75, 3.05) is 0 Å². The highest BCUT2D eigenvalue weighted by Crippen LogP contribution is 2.37. The van der Waals surface area contributed by atoms with Crippen molar-refractivity contribution in [3.63, 3.8) is 0 Å². The van der Waals surface area contributed by atoms with Gasteiger partial charge in [-0.05, 0) is 35.6 Å². The Labute approximate surface area is 127 Å². The van der Waals surface area contributed by atoms with Gasteiger partial charge in [0.15, 0.2) is 0 Å². The van der Waals surface area contributed by atoms with Crippen LogP contribution in [0.4, 0.5) is 0 Å². The Bertz CT molecular complexity index is 862. The summed E-state index contributed by atoms with van der Waals surface area (Å²) in [5, 5.41) is 21.7. The summed E-state index contributed by atoms with van der Waals surface area (Å²) in [4.78, 5) is 0. The molecule has 0 aliphatic heterocycles. The average Bonchev–Trinajstić information content (AvgIpc) is 2.85. The third-order valence-electron chi connectivity index (χ3n) is 3.60. The molecule has 1 aromatic heterocycles. The second kappa shape index (κ2) is 5.49. The van der Waals surface area contributed by atoms with E-state index in [2.05, 4.69) is 18.7 Å². The molecule has 1 heterocycles. The predicted molar refractivity (Wildman–Crippen MR) is 94.0 cm³/mol. The van der Waals surface area contributed by atoms with Gasteiger partial charge < -0.3 is 10.0 Å². The van der Waals surface area contributed by atoms with E-state index in [1.54, 1.807) is 17.4 Å². The normalized spacial score (nSPS) is 11.6. The Morgan fingerprint density at radius 1 is 1.14 bits per heavy atom. The van der Waals surface area contributed by atoms with Gasteiger partial charge in [0.1, 0.15) is 0 Å². The highest BCUT2D eigenvalue weighted by molar-refractivity contribution is 7.26. The minimum absolute atomic E-state index is 0.516. The SMILES string of the molecule is C=Cc1c(/C=C\C)c(B(O)O)cc2sc3ccccc3c12. The van der Waals surface area contributed by atoms with Gasteiger partial charge in [-0.2, -0.15) is 0 Å². The Balaban J connectivity index is 2.54. The number of benzene rings is 2. The molecule has 4 heteroatoms. The molecule has 0 saturated heterocycles. The van der Waals surface area contributed by atoms with Crippen LogP contribution in [0.25, 0.3) is 32.3 Å². The van der Waals surface area contributed by atoms with E-state index in [-0.39, 0.29) is 0 Å². The Morgan fingerprint density at radius 3 is 2.57 bits per heavy atom. The smallest absolute Gasteiger partial charge is 0.423 e. The molecule has 3 aromatic rings. The Kier molecular flexibility index (Phi) is 3.68. The Hall–Kier alpha value is -1.88. The van der Waals surface area contributed by atoms with Crippen LogP contribution in [-0.4, -0.2) is 17.2 Å². The van der Waals surface area contributed by atoms with Gasteiger partial charge in [-0.3, -0.25) is 0 Å². The highest BCUT2D eigenvalue weighted by Gasteiger charge is 2.20. The summed E-state index contributed by atoms with van der Waals surface area (Å²) in [5.41, 5.74) is 2.28. The maximum Gasteiger partial charge on any atom is 0.489 e. The molecule has 2 N–H and O–H groups in total. The van der Waals surface area contributed by atoms with Gasteiger partial charge in [0.2, 0.25) is 0 Å². The lowest BCUT2D eigenvalue weighted by atomic mass is 9.74. The molecule has 0 radical (unpaired) electrons. The van der Waals surface area contributed by atoms with Crippen LogP contribution in [0.2, 0.25) is 0 Å². The van der Waals surface area contributed by atoms with E-state index in [1.165, 1.54) is 10.1 Å². The maximum atomic E-state index is 9.68. The van der Waals surface area contributed by atoms with Crippen molar-refractivity contribution >= 4 is 56.2 Å². The van der Waals surface area contributed by atoms with Crippen LogP contribution in [0.1, 0.15) is 18.1 Å². The lowest BCUT2D eigenvalue weighted by Gasteiger charge is -2.11. The van der Waals surface area contributed by atoms with Gasteiger partial charge >= 0.3 is 7.12 Å². The van der Waals surface area contributed by atoms with E-state index in [4.69, 9.17) is 0 Å². The van der Waals surface area contributed by atoms with Crippen molar-refractivity contribution < 1.29 is 10.0 Å². The molecule has 0 bridgehead atoms. The molecule has 0 atom stereocenters. The zero-order valence-corrected chi connectivity index (χ0v) is 12.5. The topological polar surface area (TPSA) is 40.5 Å². The molecule has 0 unspecified atom stereocenters. The summed E-state index contributed by atoms with van der Waals surface area (Å²) in [6.45, 7) is 5.83. The quantitative estimate of drug-likeness (QED) is 0.727. The molecule has 0 saturated carbocycles.